The SMILES string of the molecule is CC(=O)NC(=O)NNc1ccc(O)cc1. The zero-order valence-corrected chi connectivity index (χ0v) is 8.07. The number of amides is 3. The molecule has 0 atom stereocenters. The number of phenols is 1. The number of aromatic hydroxyl groups is 1. The zero-order valence-electron chi connectivity index (χ0n) is 8.07. The number of benzene rings is 1. The number of nitrogens with one attached hydrogen (secondary N) is 3. The van der Waals surface area contributed by atoms with Crippen molar-refractivity contribution in [2.45, 2.75) is 6.92 Å². The van der Waals surface area contributed by atoms with E-state index in [-0.39, 0.29) is 5.75 Å². The first kappa shape index (κ1) is 10.8. The number of hydrazine groups is 1. The second-order valence-corrected chi connectivity index (χ2v) is 2.81. The Labute approximate surface area is 86.3 Å². The zero-order chi connectivity index (χ0) is 11.3. The van der Waals surface area contributed by atoms with E-state index in [2.05, 4.69) is 10.9 Å². The maximum atomic E-state index is 10.9. The summed E-state index contributed by atoms with van der Waals surface area (Å²) in [7, 11) is 0. The molecule has 0 unspecified atom stereocenters. The van der Waals surface area contributed by atoms with E-state index in [1.165, 1.54) is 19.1 Å². The molecule has 0 radical (unpaired) electrons. The molecule has 0 fully saturated rings. The van der Waals surface area contributed by atoms with Gasteiger partial charge in [-0.1, -0.05) is 0 Å². The van der Waals surface area contributed by atoms with Gasteiger partial charge in [0.2, 0.25) is 5.91 Å². The van der Waals surface area contributed by atoms with E-state index in [9.17, 15) is 9.59 Å². The van der Waals surface area contributed by atoms with Gasteiger partial charge >= 0.3 is 6.03 Å². The molecule has 1 aromatic carbocycles. The van der Waals surface area contributed by atoms with Crippen LogP contribution in [0.5, 0.6) is 5.75 Å². The molecule has 80 valence electrons. The summed E-state index contributed by atoms with van der Waals surface area (Å²) in [6.07, 6.45) is 0. The molecule has 0 saturated carbocycles. The van der Waals surface area contributed by atoms with Gasteiger partial charge in [0.25, 0.3) is 0 Å². The Morgan fingerprint density at radius 1 is 1.20 bits per heavy atom. The maximum Gasteiger partial charge on any atom is 0.340 e. The van der Waals surface area contributed by atoms with Gasteiger partial charge in [0.05, 0.1) is 5.69 Å². The van der Waals surface area contributed by atoms with Crippen LogP contribution in [0, 0.1) is 0 Å². The number of imide groups is 1. The largest absolute Gasteiger partial charge is 0.508 e. The van der Waals surface area contributed by atoms with E-state index in [0.717, 1.165) is 0 Å². The number of urea groups is 1. The molecule has 3 amide bonds. The molecule has 0 aliphatic carbocycles. The highest BCUT2D eigenvalue weighted by Crippen LogP contribution is 2.12. The Hall–Kier alpha value is -2.24. The first-order chi connectivity index (χ1) is 7.08. The van der Waals surface area contributed by atoms with Crippen LogP contribution >= 0.6 is 0 Å². The lowest BCUT2D eigenvalue weighted by Gasteiger charge is -2.07. The summed E-state index contributed by atoms with van der Waals surface area (Å²) < 4.78 is 0. The fourth-order valence-corrected chi connectivity index (χ4v) is 0.865. The van der Waals surface area contributed by atoms with Crippen LogP contribution in [0.1, 0.15) is 6.92 Å². The average Bonchev–Trinajstić information content (AvgIpc) is 2.16. The highest BCUT2D eigenvalue weighted by Gasteiger charge is 2.00. The topological polar surface area (TPSA) is 90.5 Å². The fourth-order valence-electron chi connectivity index (χ4n) is 0.865. The Kier molecular flexibility index (Phi) is 3.50. The minimum absolute atomic E-state index is 0.133. The Morgan fingerprint density at radius 3 is 2.33 bits per heavy atom. The van der Waals surface area contributed by atoms with Crippen LogP contribution in [-0.2, 0) is 4.79 Å². The molecule has 6 heteroatoms. The molecule has 0 aliphatic rings. The van der Waals surface area contributed by atoms with Crippen LogP contribution < -0.4 is 16.2 Å². The van der Waals surface area contributed by atoms with Gasteiger partial charge in [0.15, 0.2) is 0 Å². The number of rotatable bonds is 2. The van der Waals surface area contributed by atoms with Gasteiger partial charge in [-0.25, -0.2) is 4.79 Å². The molecule has 0 spiro atoms. The lowest BCUT2D eigenvalue weighted by molar-refractivity contribution is -0.117. The Balaban J connectivity index is 2.40. The number of carbonyl (C=O) groups is 2. The summed E-state index contributed by atoms with van der Waals surface area (Å²) in [6, 6.07) is 5.43. The molecular formula is C9H11N3O3. The molecule has 0 aliphatic heterocycles. The van der Waals surface area contributed by atoms with Crippen LogP contribution in [0.3, 0.4) is 0 Å². The Bertz CT molecular complexity index is 361. The minimum Gasteiger partial charge on any atom is -0.508 e. The van der Waals surface area contributed by atoms with Crippen molar-refractivity contribution in [2.75, 3.05) is 5.43 Å². The molecule has 1 rings (SSSR count). The van der Waals surface area contributed by atoms with Crippen LogP contribution in [0.2, 0.25) is 0 Å². The van der Waals surface area contributed by atoms with E-state index < -0.39 is 11.9 Å². The summed E-state index contributed by atoms with van der Waals surface area (Å²) >= 11 is 0. The van der Waals surface area contributed by atoms with Crippen LogP contribution in [0.25, 0.3) is 0 Å². The summed E-state index contributed by atoms with van der Waals surface area (Å²) in [6.45, 7) is 1.24. The van der Waals surface area contributed by atoms with Crippen molar-refractivity contribution in [1.29, 1.82) is 0 Å². The number of anilines is 1. The molecule has 0 saturated heterocycles. The van der Waals surface area contributed by atoms with Gasteiger partial charge in [-0.3, -0.25) is 21.0 Å². The van der Waals surface area contributed by atoms with E-state index in [4.69, 9.17) is 5.11 Å². The van der Waals surface area contributed by atoms with E-state index >= 15 is 0 Å². The monoisotopic (exact) mass is 209 g/mol. The molecule has 15 heavy (non-hydrogen) atoms. The lowest BCUT2D eigenvalue weighted by atomic mass is 10.3. The standard InChI is InChI=1S/C9H11N3O3/c1-6(13)10-9(15)12-11-7-2-4-8(14)5-3-7/h2-5,11,14H,1H3,(H2,10,12,13,15). The van der Waals surface area contributed by atoms with Crippen molar-refractivity contribution >= 4 is 17.6 Å². The van der Waals surface area contributed by atoms with Crippen LogP contribution in [0.4, 0.5) is 10.5 Å². The molecule has 4 N–H and O–H groups in total. The minimum atomic E-state index is -0.643. The van der Waals surface area contributed by atoms with E-state index in [0.29, 0.717) is 5.69 Å². The summed E-state index contributed by atoms with van der Waals surface area (Å²) in [5.74, 6) is -0.311. The molecule has 1 aromatic rings. The van der Waals surface area contributed by atoms with Crippen molar-refractivity contribution in [3.8, 4) is 5.75 Å². The highest BCUT2D eigenvalue weighted by atomic mass is 16.3. The lowest BCUT2D eigenvalue weighted by Crippen LogP contribution is -2.41. The predicted octanol–water partition coefficient (Wildman–Crippen LogP) is 0.565. The molecule has 0 aromatic heterocycles. The third-order valence-electron chi connectivity index (χ3n) is 1.48. The van der Waals surface area contributed by atoms with Crippen molar-refractivity contribution in [3.05, 3.63) is 24.3 Å². The molecule has 6 nitrogen and oxygen atoms in total. The maximum absolute atomic E-state index is 10.9. The van der Waals surface area contributed by atoms with Crippen molar-refractivity contribution < 1.29 is 14.7 Å². The fraction of sp³-hybridized carbons (Fsp3) is 0.111. The van der Waals surface area contributed by atoms with Gasteiger partial charge < -0.3 is 5.11 Å². The summed E-state index contributed by atoms with van der Waals surface area (Å²) in [5.41, 5.74) is 5.39. The van der Waals surface area contributed by atoms with Crippen molar-refractivity contribution in [3.63, 3.8) is 0 Å². The predicted molar refractivity (Wildman–Crippen MR) is 54.1 cm³/mol. The van der Waals surface area contributed by atoms with Gasteiger partial charge in [-0.15, -0.1) is 0 Å². The molecule has 0 heterocycles. The van der Waals surface area contributed by atoms with Crippen LogP contribution in [-0.4, -0.2) is 17.0 Å². The quantitative estimate of drug-likeness (QED) is 0.423. The number of carbonyl (C=O) groups excluding carboxylic acids is 2. The highest BCUT2D eigenvalue weighted by molar-refractivity contribution is 5.93. The Morgan fingerprint density at radius 2 is 1.80 bits per heavy atom. The summed E-state index contributed by atoms with van der Waals surface area (Å²) in [5, 5.41) is 11.0. The summed E-state index contributed by atoms with van der Waals surface area (Å²) in [4.78, 5) is 21.4. The molecule has 0 bridgehead atoms. The van der Waals surface area contributed by atoms with Gasteiger partial charge in [-0.2, -0.15) is 0 Å². The van der Waals surface area contributed by atoms with Gasteiger partial charge in [-0.05, 0) is 24.3 Å². The first-order valence-corrected chi connectivity index (χ1v) is 4.20. The smallest absolute Gasteiger partial charge is 0.340 e. The van der Waals surface area contributed by atoms with Gasteiger partial charge in [0.1, 0.15) is 5.75 Å². The first-order valence-electron chi connectivity index (χ1n) is 4.20. The third-order valence-corrected chi connectivity index (χ3v) is 1.48. The van der Waals surface area contributed by atoms with E-state index in [1.807, 2.05) is 5.32 Å². The van der Waals surface area contributed by atoms with Gasteiger partial charge in [0, 0.05) is 6.92 Å². The number of hydrogen-bond donors (Lipinski definition) is 4. The van der Waals surface area contributed by atoms with Crippen LogP contribution in [0.15, 0.2) is 24.3 Å². The van der Waals surface area contributed by atoms with Crippen molar-refractivity contribution in [1.82, 2.24) is 10.7 Å². The van der Waals surface area contributed by atoms with Crippen molar-refractivity contribution in [2.24, 2.45) is 0 Å². The second-order valence-electron chi connectivity index (χ2n) is 2.81. The third kappa shape index (κ3) is 3.99. The number of hydrogen-bond acceptors (Lipinski definition) is 4. The molecular weight excluding hydrogens is 198 g/mol. The van der Waals surface area contributed by atoms with E-state index in [1.54, 1.807) is 12.1 Å². The number of phenolic OH excluding ortho intramolecular Hbond substituents is 1. The normalized spacial score (nSPS) is 9.13. The second kappa shape index (κ2) is 4.85. The average molecular weight is 209 g/mol.